The molecule has 0 aromatic carbocycles. The Balaban J connectivity index is 0. The lowest BCUT2D eigenvalue weighted by molar-refractivity contribution is -0.132. The van der Waals surface area contributed by atoms with Crippen LogP contribution in [0.5, 0.6) is 0 Å². The van der Waals surface area contributed by atoms with Crippen molar-refractivity contribution in [1.29, 1.82) is 0 Å². The topological polar surface area (TPSA) is 68.8 Å². The summed E-state index contributed by atoms with van der Waals surface area (Å²) < 4.78 is 0. The Morgan fingerprint density at radius 3 is 2.00 bits per heavy atom. The lowest BCUT2D eigenvalue weighted by atomic mass is 10.3. The van der Waals surface area contributed by atoms with Crippen LogP contribution in [0.4, 0.5) is 0 Å². The maximum absolute atomic E-state index is 9.86. The van der Waals surface area contributed by atoms with Crippen molar-refractivity contribution >= 4 is 5.97 Å². The molecule has 3 nitrogen and oxygen atoms in total. The van der Waals surface area contributed by atoms with E-state index in [4.69, 9.17) is 5.11 Å². The van der Waals surface area contributed by atoms with Gasteiger partial charge in [-0.2, -0.15) is 0 Å². The van der Waals surface area contributed by atoms with Crippen molar-refractivity contribution in [3.05, 3.63) is 11.6 Å². The molecule has 0 heterocycles. The molecule has 0 radical (unpaired) electrons. The van der Waals surface area contributed by atoms with E-state index in [2.05, 4.69) is 0 Å². The highest BCUT2D eigenvalue weighted by Crippen LogP contribution is 1.87. The molecule has 0 aromatic rings. The highest BCUT2D eigenvalue weighted by molar-refractivity contribution is 5.85. The second-order valence-electron chi connectivity index (χ2n) is 1.28. The Labute approximate surface area is 47.9 Å². The van der Waals surface area contributed by atoms with Gasteiger partial charge >= 0.3 is 5.97 Å². The van der Waals surface area contributed by atoms with Gasteiger partial charge in [0.25, 0.3) is 0 Å². The average molecular weight is 118 g/mol. The third-order valence-corrected chi connectivity index (χ3v) is 0.770. The van der Waals surface area contributed by atoms with E-state index in [1.807, 2.05) is 0 Å². The summed E-state index contributed by atoms with van der Waals surface area (Å²) in [6.45, 7) is 3.26. The fourth-order valence-corrected chi connectivity index (χ4v) is 0.123. The molecule has 0 bridgehead atoms. The number of aliphatic carboxylic acids is 1. The van der Waals surface area contributed by atoms with Gasteiger partial charge in [0.1, 0.15) is 0 Å². The fraction of sp³-hybridized carbons (Fsp3) is 0.400. The summed E-state index contributed by atoms with van der Waals surface area (Å²) >= 11 is 0. The summed E-state index contributed by atoms with van der Waals surface area (Å²) in [5.74, 6) is -0.845. The predicted molar refractivity (Wildman–Crippen MR) is 30.7 cm³/mol. The zero-order valence-electron chi connectivity index (χ0n) is 4.93. The number of carboxylic acid groups (broad SMARTS) is 1. The van der Waals surface area contributed by atoms with Crippen molar-refractivity contribution in [1.82, 2.24) is 0 Å². The first-order chi connectivity index (χ1) is 3.18. The van der Waals surface area contributed by atoms with Crippen molar-refractivity contribution < 1.29 is 15.4 Å². The second-order valence-corrected chi connectivity index (χ2v) is 1.28. The van der Waals surface area contributed by atoms with Gasteiger partial charge in [0.15, 0.2) is 0 Å². The molecule has 3 N–H and O–H groups in total. The Morgan fingerprint density at radius 2 is 2.00 bits per heavy atom. The van der Waals surface area contributed by atoms with Gasteiger partial charge in [-0.1, -0.05) is 6.08 Å². The molecule has 8 heavy (non-hydrogen) atoms. The van der Waals surface area contributed by atoms with E-state index >= 15 is 0 Å². The molecule has 0 spiro atoms. The summed E-state index contributed by atoms with van der Waals surface area (Å²) in [5.41, 5.74) is 0.389. The molecule has 0 fully saturated rings. The molecule has 0 saturated heterocycles. The molecule has 0 rings (SSSR count). The first-order valence-corrected chi connectivity index (χ1v) is 2.04. The molecule has 3 heteroatoms. The van der Waals surface area contributed by atoms with Crippen molar-refractivity contribution in [3.8, 4) is 0 Å². The molecule has 0 aromatic heterocycles. The standard InChI is InChI=1S/C5H8O2.H2O/c1-3-4(2)5(6)7;/h3H,1-2H3,(H,6,7);1H2. The van der Waals surface area contributed by atoms with E-state index in [0.717, 1.165) is 0 Å². The summed E-state index contributed by atoms with van der Waals surface area (Å²) in [5, 5.41) is 8.11. The number of carboxylic acids is 1. The zero-order chi connectivity index (χ0) is 5.86. The van der Waals surface area contributed by atoms with E-state index < -0.39 is 5.97 Å². The SMILES string of the molecule is CC=C(C)C(=O)O.O. The van der Waals surface area contributed by atoms with Crippen LogP contribution in [-0.4, -0.2) is 16.6 Å². The maximum Gasteiger partial charge on any atom is 0.330 e. The van der Waals surface area contributed by atoms with Crippen LogP contribution >= 0.6 is 0 Å². The van der Waals surface area contributed by atoms with Crippen LogP contribution in [0, 0.1) is 0 Å². The number of hydrogen-bond acceptors (Lipinski definition) is 1. The van der Waals surface area contributed by atoms with Gasteiger partial charge in [-0.3, -0.25) is 0 Å². The second kappa shape index (κ2) is 4.33. The Kier molecular flexibility index (Phi) is 5.53. The smallest absolute Gasteiger partial charge is 0.330 e. The van der Waals surface area contributed by atoms with Gasteiger partial charge in [-0.15, -0.1) is 0 Å². The van der Waals surface area contributed by atoms with Gasteiger partial charge in [-0.25, -0.2) is 4.79 Å². The summed E-state index contributed by atoms with van der Waals surface area (Å²) in [7, 11) is 0. The van der Waals surface area contributed by atoms with E-state index in [-0.39, 0.29) is 5.48 Å². The van der Waals surface area contributed by atoms with Crippen LogP contribution in [0.3, 0.4) is 0 Å². The lowest BCUT2D eigenvalue weighted by Gasteiger charge is -1.84. The highest BCUT2D eigenvalue weighted by atomic mass is 16.4. The third-order valence-electron chi connectivity index (χ3n) is 0.770. The van der Waals surface area contributed by atoms with Gasteiger partial charge in [0.2, 0.25) is 0 Å². The number of allylic oxidation sites excluding steroid dienone is 1. The van der Waals surface area contributed by atoms with E-state index in [1.165, 1.54) is 0 Å². The molecule has 0 amide bonds. The number of hydrogen-bond donors (Lipinski definition) is 1. The molecule has 0 aliphatic rings. The monoisotopic (exact) mass is 118 g/mol. The first kappa shape index (κ1) is 10.2. The number of carbonyl (C=O) groups is 1. The van der Waals surface area contributed by atoms with Crippen LogP contribution in [0.1, 0.15) is 13.8 Å². The van der Waals surface area contributed by atoms with Gasteiger partial charge in [-0.05, 0) is 13.8 Å². The molecule has 0 aliphatic heterocycles. The molecule has 0 unspecified atom stereocenters. The predicted octanol–water partition coefficient (Wildman–Crippen LogP) is 0.213. The zero-order valence-corrected chi connectivity index (χ0v) is 4.93. The minimum atomic E-state index is -0.845. The molecule has 0 atom stereocenters. The first-order valence-electron chi connectivity index (χ1n) is 2.04. The number of rotatable bonds is 1. The minimum Gasteiger partial charge on any atom is -0.478 e. The van der Waals surface area contributed by atoms with Crippen LogP contribution in [0.15, 0.2) is 11.6 Å². The fourth-order valence-electron chi connectivity index (χ4n) is 0.123. The molecule has 0 aliphatic carbocycles. The van der Waals surface area contributed by atoms with Crippen LogP contribution in [-0.2, 0) is 4.79 Å². The molecule has 48 valence electrons. The quantitative estimate of drug-likeness (QED) is 0.500. The van der Waals surface area contributed by atoms with Crippen LogP contribution in [0.2, 0.25) is 0 Å². The largest absolute Gasteiger partial charge is 0.478 e. The van der Waals surface area contributed by atoms with E-state index in [9.17, 15) is 4.79 Å². The summed E-state index contributed by atoms with van der Waals surface area (Å²) in [6, 6.07) is 0. The molecule has 0 saturated carbocycles. The van der Waals surface area contributed by atoms with Gasteiger partial charge in [0.05, 0.1) is 0 Å². The minimum absolute atomic E-state index is 0. The normalized spacial score (nSPS) is 10.0. The Morgan fingerprint density at radius 1 is 1.62 bits per heavy atom. The van der Waals surface area contributed by atoms with Crippen LogP contribution in [0.25, 0.3) is 0 Å². The van der Waals surface area contributed by atoms with Crippen molar-refractivity contribution in [2.24, 2.45) is 0 Å². The maximum atomic E-state index is 9.86. The van der Waals surface area contributed by atoms with E-state index in [0.29, 0.717) is 5.57 Å². The summed E-state index contributed by atoms with van der Waals surface area (Å²) in [4.78, 5) is 9.86. The Hall–Kier alpha value is -0.830. The van der Waals surface area contributed by atoms with Crippen molar-refractivity contribution in [2.45, 2.75) is 13.8 Å². The Bertz CT molecular complexity index is 104. The average Bonchev–Trinajstić information content (AvgIpc) is 1.65. The van der Waals surface area contributed by atoms with E-state index in [1.54, 1.807) is 19.9 Å². The van der Waals surface area contributed by atoms with Gasteiger partial charge < -0.3 is 10.6 Å². The summed E-state index contributed by atoms with van der Waals surface area (Å²) in [6.07, 6.45) is 1.56. The molecular formula is C5H10O3. The van der Waals surface area contributed by atoms with Crippen LogP contribution < -0.4 is 0 Å². The highest BCUT2D eigenvalue weighted by Gasteiger charge is 1.93. The van der Waals surface area contributed by atoms with Crippen molar-refractivity contribution in [2.75, 3.05) is 0 Å². The molecular weight excluding hydrogens is 108 g/mol. The van der Waals surface area contributed by atoms with Crippen molar-refractivity contribution in [3.63, 3.8) is 0 Å². The lowest BCUT2D eigenvalue weighted by Crippen LogP contribution is -1.93. The third kappa shape index (κ3) is 3.36. The van der Waals surface area contributed by atoms with Gasteiger partial charge in [0, 0.05) is 5.57 Å².